The number of esters is 1. The van der Waals surface area contributed by atoms with Crippen molar-refractivity contribution in [3.63, 3.8) is 0 Å². The summed E-state index contributed by atoms with van der Waals surface area (Å²) in [4.78, 5) is 16.5. The molecule has 0 bridgehead atoms. The first kappa shape index (κ1) is 16.3. The van der Waals surface area contributed by atoms with Crippen LogP contribution in [0.5, 0.6) is 0 Å². The molecule has 0 saturated heterocycles. The van der Waals surface area contributed by atoms with Crippen LogP contribution in [0.25, 0.3) is 10.8 Å². The molecule has 1 atom stereocenters. The van der Waals surface area contributed by atoms with E-state index in [9.17, 15) is 4.79 Å². The van der Waals surface area contributed by atoms with Crippen LogP contribution in [0.1, 0.15) is 5.56 Å². The second-order valence-corrected chi connectivity index (χ2v) is 5.87. The van der Waals surface area contributed by atoms with E-state index in [2.05, 4.69) is 10.3 Å². The Morgan fingerprint density at radius 2 is 2.00 bits per heavy atom. The van der Waals surface area contributed by atoms with Crippen LogP contribution in [-0.2, 0) is 16.0 Å². The molecule has 24 heavy (non-hydrogen) atoms. The van der Waals surface area contributed by atoms with E-state index in [-0.39, 0.29) is 5.97 Å². The number of benzene rings is 2. The van der Waals surface area contributed by atoms with Crippen molar-refractivity contribution in [1.82, 2.24) is 4.98 Å². The Morgan fingerprint density at radius 1 is 1.21 bits per heavy atom. The Bertz CT molecular complexity index is 852. The highest BCUT2D eigenvalue weighted by Crippen LogP contribution is 2.25. The molecule has 0 radical (unpaired) electrons. The highest BCUT2D eigenvalue weighted by molar-refractivity contribution is 6.31. The first-order chi connectivity index (χ1) is 11.7. The summed E-state index contributed by atoms with van der Waals surface area (Å²) in [5, 5.41) is 5.74. The van der Waals surface area contributed by atoms with Crippen LogP contribution < -0.4 is 5.32 Å². The summed E-state index contributed by atoms with van der Waals surface area (Å²) >= 11 is 6.04. The molecular formula is C19H17ClN2O2. The van der Waals surface area contributed by atoms with E-state index >= 15 is 0 Å². The molecule has 0 spiro atoms. The number of rotatable bonds is 5. The molecule has 0 aliphatic carbocycles. The number of aromatic nitrogens is 1. The molecule has 1 N–H and O–H groups in total. The van der Waals surface area contributed by atoms with Gasteiger partial charge in [-0.25, -0.2) is 9.78 Å². The van der Waals surface area contributed by atoms with E-state index in [1.54, 1.807) is 12.3 Å². The summed E-state index contributed by atoms with van der Waals surface area (Å²) in [6, 6.07) is 16.7. The highest BCUT2D eigenvalue weighted by atomic mass is 35.5. The zero-order valence-corrected chi connectivity index (χ0v) is 14.0. The smallest absolute Gasteiger partial charge is 0.328 e. The molecule has 1 aromatic heterocycles. The zero-order valence-electron chi connectivity index (χ0n) is 13.2. The molecule has 0 amide bonds. The highest BCUT2D eigenvalue weighted by Gasteiger charge is 2.21. The second kappa shape index (κ2) is 7.32. The van der Waals surface area contributed by atoms with Crippen molar-refractivity contribution in [3.8, 4) is 0 Å². The van der Waals surface area contributed by atoms with Crippen LogP contribution in [0.3, 0.4) is 0 Å². The Kier molecular flexibility index (Phi) is 4.96. The number of hydrogen-bond donors (Lipinski definition) is 1. The van der Waals surface area contributed by atoms with Gasteiger partial charge in [0, 0.05) is 23.0 Å². The Morgan fingerprint density at radius 3 is 2.75 bits per heavy atom. The molecule has 2 aromatic carbocycles. The minimum atomic E-state index is -0.522. The van der Waals surface area contributed by atoms with Crippen molar-refractivity contribution in [1.29, 1.82) is 0 Å². The van der Waals surface area contributed by atoms with Gasteiger partial charge in [0.1, 0.15) is 11.9 Å². The molecule has 0 aliphatic heterocycles. The molecule has 0 aliphatic rings. The standard InChI is InChI=1S/C19H17ClN2O2/c1-24-19(23)17(11-13-5-3-2-4-6-13)22-18-16-8-7-15(20)12-14(16)9-10-21-18/h2-10,12,17H,11H2,1H3,(H,21,22). The molecule has 3 aromatic rings. The van der Waals surface area contributed by atoms with Gasteiger partial charge in [-0.05, 0) is 35.2 Å². The number of methoxy groups -OCH3 is 1. The van der Waals surface area contributed by atoms with Gasteiger partial charge in [-0.2, -0.15) is 0 Å². The van der Waals surface area contributed by atoms with Crippen LogP contribution in [0.2, 0.25) is 5.02 Å². The van der Waals surface area contributed by atoms with Crippen molar-refractivity contribution in [3.05, 3.63) is 71.4 Å². The van der Waals surface area contributed by atoms with Gasteiger partial charge >= 0.3 is 5.97 Å². The van der Waals surface area contributed by atoms with Crippen LogP contribution in [0.15, 0.2) is 60.8 Å². The normalized spacial score (nSPS) is 11.9. The van der Waals surface area contributed by atoms with Gasteiger partial charge in [-0.15, -0.1) is 0 Å². The zero-order chi connectivity index (χ0) is 16.9. The number of nitrogens with one attached hydrogen (secondary N) is 1. The monoisotopic (exact) mass is 340 g/mol. The summed E-state index contributed by atoms with van der Waals surface area (Å²) in [5.74, 6) is 0.308. The number of halogens is 1. The summed E-state index contributed by atoms with van der Waals surface area (Å²) in [6.07, 6.45) is 2.21. The molecule has 5 heteroatoms. The van der Waals surface area contributed by atoms with Gasteiger partial charge in [0.05, 0.1) is 7.11 Å². The predicted molar refractivity (Wildman–Crippen MR) is 96.3 cm³/mol. The maximum Gasteiger partial charge on any atom is 0.328 e. The SMILES string of the molecule is COC(=O)C(Cc1ccccc1)Nc1nccc2cc(Cl)ccc12. The van der Waals surface area contributed by atoms with E-state index in [0.29, 0.717) is 17.3 Å². The third-order valence-electron chi connectivity index (χ3n) is 3.81. The largest absolute Gasteiger partial charge is 0.467 e. The average Bonchev–Trinajstić information content (AvgIpc) is 2.61. The first-order valence-corrected chi connectivity index (χ1v) is 7.98. The Balaban J connectivity index is 1.91. The third-order valence-corrected chi connectivity index (χ3v) is 4.04. The maximum atomic E-state index is 12.2. The van der Waals surface area contributed by atoms with E-state index in [4.69, 9.17) is 16.3 Å². The van der Waals surface area contributed by atoms with E-state index in [1.165, 1.54) is 7.11 Å². The summed E-state index contributed by atoms with van der Waals surface area (Å²) in [5.41, 5.74) is 1.05. The van der Waals surface area contributed by atoms with Crippen LogP contribution in [0.4, 0.5) is 5.82 Å². The fourth-order valence-corrected chi connectivity index (χ4v) is 2.79. The van der Waals surface area contributed by atoms with Gasteiger partial charge < -0.3 is 10.1 Å². The van der Waals surface area contributed by atoms with Crippen molar-refractivity contribution in [2.75, 3.05) is 12.4 Å². The molecule has 0 fully saturated rings. The van der Waals surface area contributed by atoms with Crippen molar-refractivity contribution in [2.45, 2.75) is 12.5 Å². The van der Waals surface area contributed by atoms with Crippen molar-refractivity contribution < 1.29 is 9.53 Å². The summed E-state index contributed by atoms with van der Waals surface area (Å²) in [7, 11) is 1.39. The molecule has 4 nitrogen and oxygen atoms in total. The molecule has 1 heterocycles. The number of anilines is 1. The van der Waals surface area contributed by atoms with Crippen molar-refractivity contribution >= 4 is 34.2 Å². The van der Waals surface area contributed by atoms with Gasteiger partial charge in [0.2, 0.25) is 0 Å². The van der Waals surface area contributed by atoms with Crippen molar-refractivity contribution in [2.24, 2.45) is 0 Å². The van der Waals surface area contributed by atoms with Gasteiger partial charge in [0.25, 0.3) is 0 Å². The molecule has 0 saturated carbocycles. The molecular weight excluding hydrogens is 324 g/mol. The lowest BCUT2D eigenvalue weighted by atomic mass is 10.1. The number of fused-ring (bicyclic) bond motifs is 1. The van der Waals surface area contributed by atoms with Gasteiger partial charge in [-0.3, -0.25) is 0 Å². The topological polar surface area (TPSA) is 51.2 Å². The van der Waals surface area contributed by atoms with Crippen LogP contribution in [-0.4, -0.2) is 24.1 Å². The molecule has 1 unspecified atom stereocenters. The lowest BCUT2D eigenvalue weighted by Gasteiger charge is -2.18. The predicted octanol–water partition coefficient (Wildman–Crippen LogP) is 4.08. The van der Waals surface area contributed by atoms with E-state index in [1.807, 2.05) is 48.5 Å². The molecule has 122 valence electrons. The Hall–Kier alpha value is -2.59. The number of carbonyl (C=O) groups is 1. The van der Waals surface area contributed by atoms with Crippen LogP contribution in [0, 0.1) is 0 Å². The first-order valence-electron chi connectivity index (χ1n) is 7.60. The number of pyridine rings is 1. The van der Waals surface area contributed by atoms with Gasteiger partial charge in [0.15, 0.2) is 0 Å². The van der Waals surface area contributed by atoms with Crippen LogP contribution >= 0.6 is 11.6 Å². The van der Waals surface area contributed by atoms with Gasteiger partial charge in [-0.1, -0.05) is 41.9 Å². The fourth-order valence-electron chi connectivity index (χ4n) is 2.61. The number of carbonyl (C=O) groups excluding carboxylic acids is 1. The second-order valence-electron chi connectivity index (χ2n) is 5.43. The quantitative estimate of drug-likeness (QED) is 0.711. The fraction of sp³-hybridized carbons (Fsp3) is 0.158. The number of hydrogen-bond acceptors (Lipinski definition) is 4. The van der Waals surface area contributed by atoms with E-state index in [0.717, 1.165) is 16.3 Å². The van der Waals surface area contributed by atoms with E-state index < -0.39 is 6.04 Å². The number of ether oxygens (including phenoxy) is 1. The maximum absolute atomic E-state index is 12.2. The summed E-state index contributed by atoms with van der Waals surface area (Å²) in [6.45, 7) is 0. The minimum absolute atomic E-state index is 0.327. The molecule has 3 rings (SSSR count). The lowest BCUT2D eigenvalue weighted by molar-refractivity contribution is -0.141. The Labute approximate surface area is 145 Å². The summed E-state index contributed by atoms with van der Waals surface area (Å²) < 4.78 is 4.94. The third kappa shape index (κ3) is 3.66. The minimum Gasteiger partial charge on any atom is -0.467 e. The number of nitrogens with zero attached hydrogens (tertiary/aromatic N) is 1. The average molecular weight is 341 g/mol. The lowest BCUT2D eigenvalue weighted by Crippen LogP contribution is -2.33.